The van der Waals surface area contributed by atoms with Gasteiger partial charge in [-0.3, -0.25) is 19.2 Å². The SMILES string of the molecule is C=CCCC(=O)OC[C@@H](NC(=O)[C@@H]1[C@@H]2CC[C@]3(O2)[C@H](C(=O)N(CC=C)c2c(C)cccc2Cl)N([C@@H](CO)C(C)C)C(=O)[C@@H]13)c1ccccc1. The number of fused-ring (bicyclic) bond motifs is 1. The minimum Gasteiger partial charge on any atom is -0.463 e. The van der Waals surface area contributed by atoms with Crippen LogP contribution in [0.25, 0.3) is 0 Å². The summed E-state index contributed by atoms with van der Waals surface area (Å²) in [6.07, 6.45) is 4.10. The molecule has 2 N–H and O–H groups in total. The van der Waals surface area contributed by atoms with Crippen molar-refractivity contribution in [2.24, 2.45) is 17.8 Å². The molecule has 3 aliphatic rings. The second kappa shape index (κ2) is 15.3. The van der Waals surface area contributed by atoms with E-state index in [9.17, 15) is 24.3 Å². The number of anilines is 1. The van der Waals surface area contributed by atoms with E-state index in [4.69, 9.17) is 21.1 Å². The number of rotatable bonds is 15. The number of para-hydroxylation sites is 1. The van der Waals surface area contributed by atoms with Crippen molar-refractivity contribution in [2.45, 2.75) is 76.3 Å². The molecule has 2 bridgehead atoms. The Morgan fingerprint density at radius 2 is 1.90 bits per heavy atom. The minimum absolute atomic E-state index is 0.103. The lowest BCUT2D eigenvalue weighted by Gasteiger charge is -2.40. The number of nitrogens with one attached hydrogen (secondary N) is 1. The van der Waals surface area contributed by atoms with Crippen LogP contribution in [0.4, 0.5) is 5.69 Å². The van der Waals surface area contributed by atoms with Gasteiger partial charge in [-0.2, -0.15) is 0 Å². The van der Waals surface area contributed by atoms with Crippen LogP contribution in [0.3, 0.4) is 0 Å². The van der Waals surface area contributed by atoms with Crippen LogP contribution in [0.1, 0.15) is 56.7 Å². The van der Waals surface area contributed by atoms with Crippen molar-refractivity contribution < 1.29 is 33.8 Å². The lowest BCUT2D eigenvalue weighted by Crippen LogP contribution is -2.60. The zero-order valence-corrected chi connectivity index (χ0v) is 29.1. The van der Waals surface area contributed by atoms with E-state index in [-0.39, 0.29) is 32.1 Å². The molecule has 49 heavy (non-hydrogen) atoms. The van der Waals surface area contributed by atoms with Gasteiger partial charge < -0.3 is 29.7 Å². The van der Waals surface area contributed by atoms with Crippen LogP contribution in [-0.2, 0) is 28.7 Å². The van der Waals surface area contributed by atoms with E-state index in [0.29, 0.717) is 30.0 Å². The molecule has 3 saturated heterocycles. The van der Waals surface area contributed by atoms with E-state index < -0.39 is 65.4 Å². The third-order valence-corrected chi connectivity index (χ3v) is 10.4. The van der Waals surface area contributed by atoms with Gasteiger partial charge in [-0.25, -0.2) is 0 Å². The Hall–Kier alpha value is -3.99. The zero-order chi connectivity index (χ0) is 35.5. The number of nitrogens with zero attached hydrogens (tertiary/aromatic N) is 2. The minimum atomic E-state index is -1.31. The summed E-state index contributed by atoms with van der Waals surface area (Å²) in [5.74, 6) is -3.76. The van der Waals surface area contributed by atoms with Crippen molar-refractivity contribution in [2.75, 3.05) is 24.7 Å². The van der Waals surface area contributed by atoms with E-state index in [1.165, 1.54) is 9.80 Å². The van der Waals surface area contributed by atoms with Gasteiger partial charge in [0.1, 0.15) is 18.2 Å². The molecule has 0 radical (unpaired) electrons. The van der Waals surface area contributed by atoms with Gasteiger partial charge in [-0.15, -0.1) is 13.2 Å². The summed E-state index contributed by atoms with van der Waals surface area (Å²) in [6.45, 7) is 12.8. The van der Waals surface area contributed by atoms with Crippen LogP contribution >= 0.6 is 11.6 Å². The van der Waals surface area contributed by atoms with E-state index in [0.717, 1.165) is 11.1 Å². The van der Waals surface area contributed by atoms with Crippen LogP contribution in [-0.4, -0.2) is 77.2 Å². The van der Waals surface area contributed by atoms with Crippen molar-refractivity contribution in [1.82, 2.24) is 10.2 Å². The van der Waals surface area contributed by atoms with E-state index in [1.807, 2.05) is 57.2 Å². The molecule has 2 aromatic carbocycles. The molecule has 5 rings (SSSR count). The number of likely N-dealkylation sites (tertiary alicyclic amines) is 1. The summed E-state index contributed by atoms with van der Waals surface area (Å²) in [6, 6.07) is 12.0. The third-order valence-electron chi connectivity index (χ3n) is 10.1. The van der Waals surface area contributed by atoms with Gasteiger partial charge in [0.2, 0.25) is 11.8 Å². The molecule has 2 aromatic rings. The summed E-state index contributed by atoms with van der Waals surface area (Å²) in [7, 11) is 0. The monoisotopic (exact) mass is 691 g/mol. The number of allylic oxidation sites excluding steroid dienone is 1. The molecule has 0 unspecified atom stereocenters. The van der Waals surface area contributed by atoms with Crippen molar-refractivity contribution in [3.63, 3.8) is 0 Å². The molecule has 0 aliphatic carbocycles. The van der Waals surface area contributed by atoms with Crippen molar-refractivity contribution in [1.29, 1.82) is 0 Å². The normalized spacial score (nSPS) is 25.1. The number of aliphatic hydroxyl groups excluding tert-OH is 1. The van der Waals surface area contributed by atoms with Gasteiger partial charge in [0.15, 0.2) is 0 Å². The zero-order valence-electron chi connectivity index (χ0n) is 28.3. The molecular formula is C38H46ClN3O7. The largest absolute Gasteiger partial charge is 0.463 e. The maximum Gasteiger partial charge on any atom is 0.306 e. The Morgan fingerprint density at radius 1 is 1.16 bits per heavy atom. The Morgan fingerprint density at radius 3 is 2.53 bits per heavy atom. The fourth-order valence-corrected chi connectivity index (χ4v) is 8.15. The first-order valence-corrected chi connectivity index (χ1v) is 17.3. The number of ether oxygens (including phenoxy) is 2. The van der Waals surface area contributed by atoms with Gasteiger partial charge in [-0.1, -0.05) is 80.1 Å². The quantitative estimate of drug-likeness (QED) is 0.201. The van der Waals surface area contributed by atoms with Gasteiger partial charge in [0.05, 0.1) is 47.3 Å². The number of aryl methyl sites for hydroxylation is 1. The fraction of sp³-hybridized carbons (Fsp3) is 0.474. The first kappa shape index (κ1) is 36.3. The molecular weight excluding hydrogens is 646 g/mol. The number of halogens is 1. The molecule has 0 aromatic heterocycles. The fourth-order valence-electron chi connectivity index (χ4n) is 7.82. The summed E-state index contributed by atoms with van der Waals surface area (Å²) >= 11 is 6.67. The highest BCUT2D eigenvalue weighted by Crippen LogP contribution is 2.59. The molecule has 10 nitrogen and oxygen atoms in total. The maximum atomic E-state index is 14.9. The number of aliphatic hydroxyl groups is 1. The third kappa shape index (κ3) is 6.78. The Labute approximate surface area is 293 Å². The topological polar surface area (TPSA) is 125 Å². The number of benzene rings is 2. The molecule has 11 heteroatoms. The van der Waals surface area contributed by atoms with Gasteiger partial charge in [-0.05, 0) is 49.3 Å². The standard InChI is InChI=1S/C38H46ClN3O7/c1-6-8-17-30(44)48-22-27(25-14-10-9-11-15-25)40-35(45)31-29-18-19-38(49-29)32(31)36(46)42(28(21-43)23(3)4)34(38)37(47)41(20-7-2)33-24(5)13-12-16-26(33)39/h6-7,9-16,23,27-29,31-32,34,43H,1-2,8,17-22H2,3-5H3,(H,40,45)/t27-,28+,29+,31-,32-,34+,38-/m1/s1. The molecule has 3 heterocycles. The lowest BCUT2D eigenvalue weighted by molar-refractivity contribution is -0.147. The maximum absolute atomic E-state index is 14.9. The van der Waals surface area contributed by atoms with Crippen LogP contribution in [0.2, 0.25) is 5.02 Å². The summed E-state index contributed by atoms with van der Waals surface area (Å²) in [5, 5.41) is 14.0. The van der Waals surface area contributed by atoms with Crippen molar-refractivity contribution in [3.05, 3.63) is 90.0 Å². The Balaban J connectivity index is 1.52. The summed E-state index contributed by atoms with van der Waals surface area (Å²) < 4.78 is 12.2. The second-order valence-electron chi connectivity index (χ2n) is 13.4. The average molecular weight is 692 g/mol. The molecule has 262 valence electrons. The molecule has 3 amide bonds. The summed E-state index contributed by atoms with van der Waals surface area (Å²) in [5.41, 5.74) is 0.689. The van der Waals surface area contributed by atoms with E-state index in [2.05, 4.69) is 18.5 Å². The van der Waals surface area contributed by atoms with Gasteiger partial charge in [0, 0.05) is 13.0 Å². The van der Waals surface area contributed by atoms with Crippen LogP contribution in [0, 0.1) is 24.7 Å². The number of carbonyl (C=O) groups is 4. The number of amides is 3. The van der Waals surface area contributed by atoms with Crippen LogP contribution < -0.4 is 10.2 Å². The summed E-state index contributed by atoms with van der Waals surface area (Å²) in [4.78, 5) is 59.3. The van der Waals surface area contributed by atoms with Crippen LogP contribution in [0.15, 0.2) is 73.8 Å². The predicted octanol–water partition coefficient (Wildman–Crippen LogP) is 4.93. The number of esters is 1. The first-order chi connectivity index (χ1) is 23.5. The second-order valence-corrected chi connectivity index (χ2v) is 13.8. The predicted molar refractivity (Wildman–Crippen MR) is 187 cm³/mol. The lowest BCUT2D eigenvalue weighted by atomic mass is 9.70. The molecule has 7 atom stereocenters. The number of hydrogen-bond donors (Lipinski definition) is 2. The Kier molecular flexibility index (Phi) is 11.3. The molecule has 3 aliphatic heterocycles. The highest BCUT2D eigenvalue weighted by atomic mass is 35.5. The number of hydrogen-bond acceptors (Lipinski definition) is 7. The Bertz CT molecular complexity index is 1560. The van der Waals surface area contributed by atoms with Crippen LogP contribution in [0.5, 0.6) is 0 Å². The van der Waals surface area contributed by atoms with E-state index >= 15 is 0 Å². The molecule has 0 saturated carbocycles. The number of carbonyl (C=O) groups excluding carboxylic acids is 4. The smallest absolute Gasteiger partial charge is 0.306 e. The van der Waals surface area contributed by atoms with Crippen molar-refractivity contribution >= 4 is 41.0 Å². The highest BCUT2D eigenvalue weighted by molar-refractivity contribution is 6.34. The molecule has 1 spiro atoms. The van der Waals surface area contributed by atoms with Gasteiger partial charge in [0.25, 0.3) is 5.91 Å². The van der Waals surface area contributed by atoms with E-state index in [1.54, 1.807) is 24.3 Å². The average Bonchev–Trinajstić information content (AvgIpc) is 3.73. The molecule has 3 fully saturated rings. The highest BCUT2D eigenvalue weighted by Gasteiger charge is 2.75. The van der Waals surface area contributed by atoms with Crippen molar-refractivity contribution in [3.8, 4) is 0 Å². The first-order valence-electron chi connectivity index (χ1n) is 16.9. The van der Waals surface area contributed by atoms with Gasteiger partial charge >= 0.3 is 5.97 Å².